The molecule has 3 N–H and O–H groups in total. The van der Waals surface area contributed by atoms with Crippen molar-refractivity contribution in [2.45, 2.75) is 19.4 Å². The highest BCUT2D eigenvalue weighted by molar-refractivity contribution is 5.85. The first kappa shape index (κ1) is 12.6. The maximum atomic E-state index is 11.4. The second-order valence-corrected chi connectivity index (χ2v) is 4.44. The topological polar surface area (TPSA) is 64.3 Å². The first-order valence-corrected chi connectivity index (χ1v) is 5.99. The van der Waals surface area contributed by atoms with Crippen LogP contribution in [-0.4, -0.2) is 25.7 Å². The van der Waals surface area contributed by atoms with Gasteiger partial charge in [-0.2, -0.15) is 0 Å². The molecular formula is C14H18N2O2. The summed E-state index contributed by atoms with van der Waals surface area (Å²) in [5.41, 5.74) is 10.4. The van der Waals surface area contributed by atoms with E-state index in [4.69, 9.17) is 5.73 Å². The van der Waals surface area contributed by atoms with E-state index in [1.165, 1.54) is 12.7 Å². The van der Waals surface area contributed by atoms with Crippen LogP contribution in [-0.2, 0) is 9.53 Å². The van der Waals surface area contributed by atoms with Gasteiger partial charge in [-0.15, -0.1) is 0 Å². The smallest absolute Gasteiger partial charge is 0.322 e. The van der Waals surface area contributed by atoms with Gasteiger partial charge in [0.15, 0.2) is 0 Å². The van der Waals surface area contributed by atoms with E-state index in [2.05, 4.69) is 29.1 Å². The van der Waals surface area contributed by atoms with Gasteiger partial charge in [-0.05, 0) is 24.5 Å². The van der Waals surface area contributed by atoms with Crippen LogP contribution in [0, 0.1) is 6.92 Å². The number of hydrogen-bond donors (Lipinski definition) is 2. The van der Waals surface area contributed by atoms with Crippen molar-refractivity contribution in [1.29, 1.82) is 0 Å². The molecule has 1 atom stereocenters. The molecule has 1 unspecified atom stereocenters. The minimum atomic E-state index is -0.604. The Bertz CT molecular complexity index is 495. The normalized spacial score (nSPS) is 15.2. The molecule has 1 aliphatic rings. The van der Waals surface area contributed by atoms with E-state index in [9.17, 15) is 4.79 Å². The van der Waals surface area contributed by atoms with Crippen LogP contribution in [0.5, 0.6) is 0 Å². The molecule has 0 aliphatic carbocycles. The zero-order valence-electron chi connectivity index (χ0n) is 10.7. The number of rotatable bonds is 3. The molecule has 96 valence electrons. The molecule has 1 heterocycles. The van der Waals surface area contributed by atoms with Crippen LogP contribution in [0.3, 0.4) is 0 Å². The minimum Gasteiger partial charge on any atom is -0.468 e. The molecule has 2 rings (SSSR count). The van der Waals surface area contributed by atoms with Crippen molar-refractivity contribution >= 4 is 17.2 Å². The maximum absolute atomic E-state index is 11.4. The van der Waals surface area contributed by atoms with Crippen LogP contribution in [0.1, 0.15) is 17.5 Å². The first-order chi connectivity index (χ1) is 8.63. The average molecular weight is 246 g/mol. The second kappa shape index (κ2) is 5.23. The Morgan fingerprint density at radius 3 is 3.06 bits per heavy atom. The summed E-state index contributed by atoms with van der Waals surface area (Å²) < 4.78 is 4.66. The van der Waals surface area contributed by atoms with Crippen molar-refractivity contribution in [3.05, 3.63) is 35.4 Å². The third-order valence-electron chi connectivity index (χ3n) is 3.19. The summed E-state index contributed by atoms with van der Waals surface area (Å²) in [6, 6.07) is 5.52. The van der Waals surface area contributed by atoms with Crippen molar-refractivity contribution in [1.82, 2.24) is 0 Å². The lowest BCUT2D eigenvalue weighted by atomic mass is 9.93. The fourth-order valence-corrected chi connectivity index (χ4v) is 2.22. The number of esters is 1. The number of ether oxygens (including phenoxy) is 1. The van der Waals surface area contributed by atoms with E-state index in [1.807, 2.05) is 12.1 Å². The van der Waals surface area contributed by atoms with E-state index < -0.39 is 6.04 Å². The number of nitrogens with two attached hydrogens (primary N) is 1. The molecule has 4 nitrogen and oxygen atoms in total. The highest BCUT2D eigenvalue weighted by Crippen LogP contribution is 2.32. The predicted octanol–water partition coefficient (Wildman–Crippen LogP) is 1.69. The van der Waals surface area contributed by atoms with Crippen molar-refractivity contribution in [2.75, 3.05) is 19.0 Å². The molecule has 0 fully saturated rings. The summed E-state index contributed by atoms with van der Waals surface area (Å²) in [4.78, 5) is 11.4. The third-order valence-corrected chi connectivity index (χ3v) is 3.19. The molecule has 0 aromatic heterocycles. The maximum Gasteiger partial charge on any atom is 0.322 e. The number of fused-ring (bicyclic) bond motifs is 1. The second-order valence-electron chi connectivity index (χ2n) is 4.44. The monoisotopic (exact) mass is 246 g/mol. The van der Waals surface area contributed by atoms with Gasteiger partial charge in [-0.25, -0.2) is 0 Å². The molecule has 0 spiro atoms. The van der Waals surface area contributed by atoms with Crippen LogP contribution < -0.4 is 11.1 Å². The van der Waals surface area contributed by atoms with Crippen molar-refractivity contribution in [3.63, 3.8) is 0 Å². The SMILES string of the molecule is COC(=O)C(N)CC1=CCNc2c(C)cccc21. The molecule has 0 amide bonds. The summed E-state index contributed by atoms with van der Waals surface area (Å²) >= 11 is 0. The van der Waals surface area contributed by atoms with Gasteiger partial charge in [-0.1, -0.05) is 24.3 Å². The van der Waals surface area contributed by atoms with Crippen molar-refractivity contribution < 1.29 is 9.53 Å². The highest BCUT2D eigenvalue weighted by Gasteiger charge is 2.20. The number of anilines is 1. The fourth-order valence-electron chi connectivity index (χ4n) is 2.22. The molecule has 18 heavy (non-hydrogen) atoms. The molecule has 0 bridgehead atoms. The molecule has 1 aliphatic heterocycles. The molecule has 0 saturated carbocycles. The predicted molar refractivity (Wildman–Crippen MR) is 72.3 cm³/mol. The lowest BCUT2D eigenvalue weighted by molar-refractivity contribution is -0.142. The minimum absolute atomic E-state index is 0.372. The quantitative estimate of drug-likeness (QED) is 0.797. The number of para-hydroxylation sites is 1. The highest BCUT2D eigenvalue weighted by atomic mass is 16.5. The Morgan fingerprint density at radius 2 is 2.33 bits per heavy atom. The Kier molecular flexibility index (Phi) is 3.67. The number of aryl methyl sites for hydroxylation is 1. The van der Waals surface area contributed by atoms with Gasteiger partial charge in [0.2, 0.25) is 0 Å². The number of benzene rings is 1. The summed E-state index contributed by atoms with van der Waals surface area (Å²) in [5.74, 6) is -0.372. The number of hydrogen-bond acceptors (Lipinski definition) is 4. The summed E-state index contributed by atoms with van der Waals surface area (Å²) in [6.45, 7) is 2.83. The van der Waals surface area contributed by atoms with E-state index in [0.717, 1.165) is 23.4 Å². The lowest BCUT2D eigenvalue weighted by Crippen LogP contribution is -2.32. The van der Waals surface area contributed by atoms with Crippen LogP contribution in [0.4, 0.5) is 5.69 Å². The fraction of sp³-hybridized carbons (Fsp3) is 0.357. The van der Waals surface area contributed by atoms with Crippen molar-refractivity contribution in [2.24, 2.45) is 5.73 Å². The van der Waals surface area contributed by atoms with Gasteiger partial charge in [0.25, 0.3) is 0 Å². The number of methoxy groups -OCH3 is 1. The largest absolute Gasteiger partial charge is 0.468 e. The van der Waals surface area contributed by atoms with E-state index in [-0.39, 0.29) is 5.97 Å². The van der Waals surface area contributed by atoms with Crippen LogP contribution in [0.25, 0.3) is 5.57 Å². The zero-order chi connectivity index (χ0) is 13.1. The zero-order valence-corrected chi connectivity index (χ0v) is 10.7. The molecule has 0 radical (unpaired) electrons. The average Bonchev–Trinajstić information content (AvgIpc) is 2.39. The van der Waals surface area contributed by atoms with Gasteiger partial charge in [0.1, 0.15) is 6.04 Å². The van der Waals surface area contributed by atoms with Gasteiger partial charge in [0, 0.05) is 17.8 Å². The number of carbonyl (C=O) groups excluding carboxylic acids is 1. The molecule has 0 saturated heterocycles. The summed E-state index contributed by atoms with van der Waals surface area (Å²) in [5, 5.41) is 3.34. The standard InChI is InChI=1S/C14H18N2O2/c1-9-4-3-5-11-10(6-7-16-13(9)11)8-12(15)14(17)18-2/h3-6,12,16H,7-8,15H2,1-2H3. The van der Waals surface area contributed by atoms with E-state index in [0.29, 0.717) is 6.42 Å². The van der Waals surface area contributed by atoms with E-state index in [1.54, 1.807) is 0 Å². The Hall–Kier alpha value is -1.81. The first-order valence-electron chi connectivity index (χ1n) is 5.99. The Labute approximate surface area is 107 Å². The Morgan fingerprint density at radius 1 is 1.56 bits per heavy atom. The Balaban J connectivity index is 2.24. The van der Waals surface area contributed by atoms with Gasteiger partial charge < -0.3 is 15.8 Å². The van der Waals surface area contributed by atoms with Gasteiger partial charge >= 0.3 is 5.97 Å². The van der Waals surface area contributed by atoms with Crippen molar-refractivity contribution in [3.8, 4) is 0 Å². The molecular weight excluding hydrogens is 228 g/mol. The molecule has 1 aromatic carbocycles. The summed E-state index contributed by atoms with van der Waals surface area (Å²) in [6.07, 6.45) is 2.58. The summed E-state index contributed by atoms with van der Waals surface area (Å²) in [7, 11) is 1.36. The lowest BCUT2D eigenvalue weighted by Gasteiger charge is -2.22. The van der Waals surface area contributed by atoms with Crippen LogP contribution >= 0.6 is 0 Å². The third kappa shape index (κ3) is 2.38. The molecule has 1 aromatic rings. The van der Waals surface area contributed by atoms with E-state index >= 15 is 0 Å². The van der Waals surface area contributed by atoms with Gasteiger partial charge in [-0.3, -0.25) is 4.79 Å². The number of nitrogens with one attached hydrogen (secondary N) is 1. The van der Waals surface area contributed by atoms with Gasteiger partial charge in [0.05, 0.1) is 7.11 Å². The van der Waals surface area contributed by atoms with Crippen LogP contribution in [0.15, 0.2) is 24.3 Å². The molecule has 4 heteroatoms. The number of carbonyl (C=O) groups is 1. The van der Waals surface area contributed by atoms with Crippen LogP contribution in [0.2, 0.25) is 0 Å².